The van der Waals surface area contributed by atoms with Crippen LogP contribution >= 0.6 is 0 Å². The number of nitrogen functional groups attached to an aromatic ring is 1. The summed E-state index contributed by atoms with van der Waals surface area (Å²) in [4.78, 5) is 11.1. The SMILES string of the molecule is CNC(=O)COc1ccc(-c2ccc3[nH]nc(N)c3c2)cc1. The third-order valence-corrected chi connectivity index (χ3v) is 3.43. The lowest BCUT2D eigenvalue weighted by Gasteiger charge is -2.07. The van der Waals surface area contributed by atoms with E-state index in [0.717, 1.165) is 22.0 Å². The number of benzene rings is 2. The van der Waals surface area contributed by atoms with Crippen molar-refractivity contribution in [3.05, 3.63) is 42.5 Å². The first-order valence-corrected chi connectivity index (χ1v) is 6.85. The van der Waals surface area contributed by atoms with Crippen LogP contribution in [0.2, 0.25) is 0 Å². The number of H-pyrrole nitrogens is 1. The van der Waals surface area contributed by atoms with Crippen LogP contribution < -0.4 is 15.8 Å². The highest BCUT2D eigenvalue weighted by atomic mass is 16.5. The molecule has 6 nitrogen and oxygen atoms in total. The molecule has 0 saturated carbocycles. The number of nitrogens with two attached hydrogens (primary N) is 1. The number of fused-ring (bicyclic) bond motifs is 1. The van der Waals surface area contributed by atoms with E-state index in [1.165, 1.54) is 0 Å². The summed E-state index contributed by atoms with van der Waals surface area (Å²) in [7, 11) is 1.58. The molecule has 6 heteroatoms. The molecule has 0 aliphatic carbocycles. The van der Waals surface area contributed by atoms with Crippen LogP contribution in [0.3, 0.4) is 0 Å². The molecule has 0 spiro atoms. The minimum atomic E-state index is -0.162. The molecule has 0 unspecified atom stereocenters. The summed E-state index contributed by atoms with van der Waals surface area (Å²) in [5, 5.41) is 10.3. The van der Waals surface area contributed by atoms with Crippen LogP contribution in [-0.2, 0) is 4.79 Å². The van der Waals surface area contributed by atoms with Crippen LogP contribution in [0, 0.1) is 0 Å². The molecule has 1 amide bonds. The third kappa shape index (κ3) is 2.71. The molecule has 1 aromatic heterocycles. The predicted octanol–water partition coefficient (Wildman–Crippen LogP) is 1.94. The van der Waals surface area contributed by atoms with Crippen molar-refractivity contribution in [2.45, 2.75) is 0 Å². The van der Waals surface area contributed by atoms with E-state index >= 15 is 0 Å². The van der Waals surface area contributed by atoms with Crippen molar-refractivity contribution in [3.63, 3.8) is 0 Å². The standard InChI is InChI=1S/C16H16N4O2/c1-18-15(21)9-22-12-5-2-10(3-6-12)11-4-7-14-13(8-11)16(17)20-19-14/h2-8H,9H2,1H3,(H,18,21)(H3,17,19,20). The zero-order chi connectivity index (χ0) is 15.5. The lowest BCUT2D eigenvalue weighted by molar-refractivity contribution is -0.122. The minimum Gasteiger partial charge on any atom is -0.484 e. The molecule has 0 aliphatic heterocycles. The van der Waals surface area contributed by atoms with Crippen molar-refractivity contribution in [3.8, 4) is 16.9 Å². The Morgan fingerprint density at radius 1 is 1.23 bits per heavy atom. The van der Waals surface area contributed by atoms with Crippen LogP contribution in [0.15, 0.2) is 42.5 Å². The van der Waals surface area contributed by atoms with E-state index in [0.29, 0.717) is 11.6 Å². The molecule has 3 rings (SSSR count). The number of aromatic amines is 1. The number of likely N-dealkylation sites (N-methyl/N-ethyl adjacent to an activating group) is 1. The predicted molar refractivity (Wildman–Crippen MR) is 85.5 cm³/mol. The van der Waals surface area contributed by atoms with Crippen molar-refractivity contribution in [2.75, 3.05) is 19.4 Å². The summed E-state index contributed by atoms with van der Waals surface area (Å²) in [6.07, 6.45) is 0. The molecule has 1 heterocycles. The van der Waals surface area contributed by atoms with Crippen LogP contribution in [0.1, 0.15) is 0 Å². The maximum absolute atomic E-state index is 11.1. The van der Waals surface area contributed by atoms with Crippen LogP contribution in [-0.4, -0.2) is 29.8 Å². The lowest BCUT2D eigenvalue weighted by Crippen LogP contribution is -2.24. The quantitative estimate of drug-likeness (QED) is 0.686. The number of carbonyl (C=O) groups is 1. The number of ether oxygens (including phenoxy) is 1. The molecular formula is C16H16N4O2. The van der Waals surface area contributed by atoms with Crippen LogP contribution in [0.4, 0.5) is 5.82 Å². The summed E-state index contributed by atoms with van der Waals surface area (Å²) in [6, 6.07) is 13.5. The second-order valence-corrected chi connectivity index (χ2v) is 4.86. The first-order chi connectivity index (χ1) is 10.7. The number of rotatable bonds is 4. The second kappa shape index (κ2) is 5.77. The van der Waals surface area contributed by atoms with Gasteiger partial charge < -0.3 is 15.8 Å². The van der Waals surface area contributed by atoms with Gasteiger partial charge in [0, 0.05) is 12.4 Å². The number of hydrogen-bond donors (Lipinski definition) is 3. The van der Waals surface area contributed by atoms with Crippen molar-refractivity contribution >= 4 is 22.6 Å². The molecule has 4 N–H and O–H groups in total. The number of carbonyl (C=O) groups excluding carboxylic acids is 1. The maximum atomic E-state index is 11.1. The number of aromatic nitrogens is 2. The van der Waals surface area contributed by atoms with Gasteiger partial charge in [-0.15, -0.1) is 0 Å². The third-order valence-electron chi connectivity index (χ3n) is 3.43. The van der Waals surface area contributed by atoms with Gasteiger partial charge in [-0.3, -0.25) is 9.89 Å². The molecule has 0 atom stereocenters. The van der Waals surface area contributed by atoms with Crippen molar-refractivity contribution in [2.24, 2.45) is 0 Å². The maximum Gasteiger partial charge on any atom is 0.257 e. The van der Waals surface area contributed by atoms with Gasteiger partial charge in [-0.25, -0.2) is 0 Å². The Bertz CT molecular complexity index is 809. The molecule has 22 heavy (non-hydrogen) atoms. The van der Waals surface area contributed by atoms with Gasteiger partial charge in [-0.05, 0) is 35.4 Å². The minimum absolute atomic E-state index is 0.00730. The Labute approximate surface area is 127 Å². The van der Waals surface area contributed by atoms with Gasteiger partial charge in [0.25, 0.3) is 5.91 Å². The fraction of sp³-hybridized carbons (Fsp3) is 0.125. The summed E-state index contributed by atoms with van der Waals surface area (Å²) in [5.41, 5.74) is 8.81. The van der Waals surface area contributed by atoms with Gasteiger partial charge in [-0.1, -0.05) is 18.2 Å². The van der Waals surface area contributed by atoms with Gasteiger partial charge in [0.05, 0.1) is 5.52 Å². The molecule has 112 valence electrons. The van der Waals surface area contributed by atoms with E-state index in [1.807, 2.05) is 42.5 Å². The van der Waals surface area contributed by atoms with E-state index in [-0.39, 0.29) is 12.5 Å². The Hall–Kier alpha value is -3.02. The Balaban J connectivity index is 1.81. The Morgan fingerprint density at radius 2 is 1.95 bits per heavy atom. The van der Waals surface area contributed by atoms with Crippen molar-refractivity contribution in [1.29, 1.82) is 0 Å². The summed E-state index contributed by atoms with van der Waals surface area (Å²) < 4.78 is 5.38. The number of nitrogens with zero attached hydrogens (tertiary/aromatic N) is 1. The normalized spacial score (nSPS) is 10.6. The van der Waals surface area contributed by atoms with Crippen LogP contribution in [0.25, 0.3) is 22.0 Å². The second-order valence-electron chi connectivity index (χ2n) is 4.86. The highest BCUT2D eigenvalue weighted by Crippen LogP contribution is 2.27. The largest absolute Gasteiger partial charge is 0.484 e. The molecular weight excluding hydrogens is 280 g/mol. The highest BCUT2D eigenvalue weighted by molar-refractivity contribution is 5.92. The van der Waals surface area contributed by atoms with Crippen LogP contribution in [0.5, 0.6) is 5.75 Å². The van der Waals surface area contributed by atoms with E-state index in [1.54, 1.807) is 7.05 Å². The molecule has 0 fully saturated rings. The summed E-state index contributed by atoms with van der Waals surface area (Å²) >= 11 is 0. The summed E-state index contributed by atoms with van der Waals surface area (Å²) in [6.45, 7) is 0.00730. The molecule has 0 saturated heterocycles. The van der Waals surface area contributed by atoms with Gasteiger partial charge in [0.1, 0.15) is 5.75 Å². The van der Waals surface area contributed by atoms with Gasteiger partial charge in [0.2, 0.25) is 0 Å². The van der Waals surface area contributed by atoms with E-state index in [4.69, 9.17) is 10.5 Å². The van der Waals surface area contributed by atoms with Gasteiger partial charge >= 0.3 is 0 Å². The monoisotopic (exact) mass is 296 g/mol. The zero-order valence-electron chi connectivity index (χ0n) is 12.1. The van der Waals surface area contributed by atoms with E-state index in [9.17, 15) is 4.79 Å². The average molecular weight is 296 g/mol. The zero-order valence-corrected chi connectivity index (χ0v) is 12.1. The molecule has 0 bridgehead atoms. The van der Waals surface area contributed by atoms with E-state index in [2.05, 4.69) is 15.5 Å². The number of anilines is 1. The molecule has 2 aromatic carbocycles. The first kappa shape index (κ1) is 13.9. The van der Waals surface area contributed by atoms with Crippen molar-refractivity contribution < 1.29 is 9.53 Å². The van der Waals surface area contributed by atoms with E-state index < -0.39 is 0 Å². The number of amides is 1. The average Bonchev–Trinajstić information content (AvgIpc) is 2.94. The molecule has 0 radical (unpaired) electrons. The molecule has 0 aliphatic rings. The van der Waals surface area contributed by atoms with Crippen molar-refractivity contribution in [1.82, 2.24) is 15.5 Å². The Morgan fingerprint density at radius 3 is 2.68 bits per heavy atom. The smallest absolute Gasteiger partial charge is 0.257 e. The Kier molecular flexibility index (Phi) is 3.65. The lowest BCUT2D eigenvalue weighted by atomic mass is 10.0. The topological polar surface area (TPSA) is 93.0 Å². The number of hydrogen-bond acceptors (Lipinski definition) is 4. The van der Waals surface area contributed by atoms with Gasteiger partial charge in [-0.2, -0.15) is 5.10 Å². The highest BCUT2D eigenvalue weighted by Gasteiger charge is 2.05. The fourth-order valence-corrected chi connectivity index (χ4v) is 2.18. The summed E-state index contributed by atoms with van der Waals surface area (Å²) in [5.74, 6) is 0.976. The fourth-order valence-electron chi connectivity index (χ4n) is 2.18. The number of nitrogens with one attached hydrogen (secondary N) is 2. The van der Waals surface area contributed by atoms with Gasteiger partial charge in [0.15, 0.2) is 12.4 Å². The molecule has 3 aromatic rings. The first-order valence-electron chi connectivity index (χ1n) is 6.85.